The summed E-state index contributed by atoms with van der Waals surface area (Å²) < 4.78 is 1.08. The summed E-state index contributed by atoms with van der Waals surface area (Å²) in [7, 11) is 2.22. The molecule has 0 saturated heterocycles. The Kier molecular flexibility index (Phi) is 4.96. The van der Waals surface area contributed by atoms with E-state index >= 15 is 0 Å². The second-order valence-electron chi connectivity index (χ2n) is 6.13. The van der Waals surface area contributed by atoms with E-state index in [4.69, 9.17) is 0 Å². The minimum Gasteiger partial charge on any atom is -0.341 e. The maximum Gasteiger partial charge on any atom is 0.120 e. The zero-order valence-electron chi connectivity index (χ0n) is 13.1. The van der Waals surface area contributed by atoms with Gasteiger partial charge in [-0.1, -0.05) is 28.1 Å². The molecule has 1 aliphatic rings. The second-order valence-corrected chi connectivity index (χ2v) is 7.05. The molecule has 5 heteroatoms. The Morgan fingerprint density at radius 3 is 3.00 bits per heavy atom. The van der Waals surface area contributed by atoms with Gasteiger partial charge < -0.3 is 10.3 Å². The molecule has 0 bridgehead atoms. The average Bonchev–Trinajstić information content (AvgIpc) is 3.25. The smallest absolute Gasteiger partial charge is 0.120 e. The van der Waals surface area contributed by atoms with E-state index in [2.05, 4.69) is 62.2 Å². The first-order valence-corrected chi connectivity index (χ1v) is 8.65. The second kappa shape index (κ2) is 6.94. The van der Waals surface area contributed by atoms with Crippen molar-refractivity contribution in [3.63, 3.8) is 0 Å². The molecule has 0 spiro atoms. The summed E-state index contributed by atoms with van der Waals surface area (Å²) in [6, 6.07) is 9.61. The minimum atomic E-state index is 0.562. The number of aromatic amines is 1. The zero-order valence-corrected chi connectivity index (χ0v) is 14.7. The third kappa shape index (κ3) is 3.97. The zero-order chi connectivity index (χ0) is 15.5. The molecule has 0 aliphatic heterocycles. The number of H-pyrrole nitrogens is 1. The summed E-state index contributed by atoms with van der Waals surface area (Å²) >= 11 is 3.50. The third-order valence-electron chi connectivity index (χ3n) is 4.31. The van der Waals surface area contributed by atoms with Crippen LogP contribution in [0.25, 0.3) is 11.3 Å². The molecule has 22 heavy (non-hydrogen) atoms. The van der Waals surface area contributed by atoms with Crippen LogP contribution in [0.5, 0.6) is 0 Å². The molecular formula is C17H23BrN4. The number of nitrogens with zero attached hydrogens (tertiary/aromatic N) is 2. The summed E-state index contributed by atoms with van der Waals surface area (Å²) in [5, 5.41) is 3.50. The Bertz CT molecular complexity index is 621. The molecule has 118 valence electrons. The van der Waals surface area contributed by atoms with Gasteiger partial charge in [0, 0.05) is 28.7 Å². The summed E-state index contributed by atoms with van der Waals surface area (Å²) in [4.78, 5) is 10.3. The van der Waals surface area contributed by atoms with Crippen LogP contribution in [0.3, 0.4) is 0 Å². The van der Waals surface area contributed by atoms with Crippen molar-refractivity contribution in [1.82, 2.24) is 20.2 Å². The molecule has 0 radical (unpaired) electrons. The van der Waals surface area contributed by atoms with Crippen LogP contribution in [0, 0.1) is 0 Å². The van der Waals surface area contributed by atoms with E-state index in [9.17, 15) is 0 Å². The Balaban J connectivity index is 1.51. The van der Waals surface area contributed by atoms with E-state index in [1.54, 1.807) is 0 Å². The Morgan fingerprint density at radius 2 is 2.27 bits per heavy atom. The Labute approximate surface area is 140 Å². The lowest BCUT2D eigenvalue weighted by atomic mass is 10.2. The predicted molar refractivity (Wildman–Crippen MR) is 93.7 cm³/mol. The van der Waals surface area contributed by atoms with Crippen LogP contribution in [0.2, 0.25) is 0 Å². The fourth-order valence-corrected chi connectivity index (χ4v) is 3.04. The summed E-state index contributed by atoms with van der Waals surface area (Å²) in [5.41, 5.74) is 2.20. The van der Waals surface area contributed by atoms with Crippen molar-refractivity contribution in [2.75, 3.05) is 13.6 Å². The van der Waals surface area contributed by atoms with Crippen LogP contribution < -0.4 is 5.32 Å². The molecule has 1 atom stereocenters. The van der Waals surface area contributed by atoms with Gasteiger partial charge in [0.15, 0.2) is 0 Å². The first-order chi connectivity index (χ1) is 10.6. The first kappa shape index (κ1) is 15.7. The van der Waals surface area contributed by atoms with Crippen molar-refractivity contribution in [2.45, 2.75) is 38.4 Å². The maximum atomic E-state index is 4.46. The SMILES string of the molecule is CC(CNCc1ncc(-c2cccc(Br)c2)[nH]1)N(C)C1CC1. The van der Waals surface area contributed by atoms with Gasteiger partial charge in [-0.25, -0.2) is 4.98 Å². The van der Waals surface area contributed by atoms with Gasteiger partial charge in [-0.3, -0.25) is 4.90 Å². The largest absolute Gasteiger partial charge is 0.341 e. The van der Waals surface area contributed by atoms with Crippen LogP contribution in [-0.2, 0) is 6.54 Å². The number of benzene rings is 1. The van der Waals surface area contributed by atoms with Gasteiger partial charge in [0.2, 0.25) is 0 Å². The number of likely N-dealkylation sites (N-methyl/N-ethyl adjacent to an activating group) is 1. The average molecular weight is 363 g/mol. The van der Waals surface area contributed by atoms with E-state index in [1.165, 1.54) is 12.8 Å². The molecule has 4 nitrogen and oxygen atoms in total. The first-order valence-electron chi connectivity index (χ1n) is 7.86. The lowest BCUT2D eigenvalue weighted by Gasteiger charge is -2.24. The Morgan fingerprint density at radius 1 is 1.45 bits per heavy atom. The molecule has 1 fully saturated rings. The summed E-state index contributed by atoms with van der Waals surface area (Å²) in [5.74, 6) is 0.983. The van der Waals surface area contributed by atoms with E-state index in [-0.39, 0.29) is 0 Å². The van der Waals surface area contributed by atoms with Gasteiger partial charge >= 0.3 is 0 Å². The molecule has 1 saturated carbocycles. The predicted octanol–water partition coefficient (Wildman–Crippen LogP) is 3.41. The third-order valence-corrected chi connectivity index (χ3v) is 4.81. The number of imidazole rings is 1. The van der Waals surface area contributed by atoms with Gasteiger partial charge in [-0.2, -0.15) is 0 Å². The highest BCUT2D eigenvalue weighted by Crippen LogP contribution is 2.26. The van der Waals surface area contributed by atoms with E-state index < -0.39 is 0 Å². The normalized spacial score (nSPS) is 16.2. The molecule has 2 N–H and O–H groups in total. The lowest BCUT2D eigenvalue weighted by molar-refractivity contribution is 0.240. The molecule has 1 heterocycles. The molecule has 2 aromatic rings. The fourth-order valence-electron chi connectivity index (χ4n) is 2.64. The number of rotatable bonds is 7. The standard InChI is InChI=1S/C17H23BrN4/c1-12(22(2)15-6-7-15)9-19-11-17-20-10-16(21-17)13-4-3-5-14(18)8-13/h3-5,8,10,12,15,19H,6-7,9,11H2,1-2H3,(H,20,21). The van der Waals surface area contributed by atoms with E-state index in [0.717, 1.165) is 40.7 Å². The number of aromatic nitrogens is 2. The highest BCUT2D eigenvalue weighted by Gasteiger charge is 2.28. The lowest BCUT2D eigenvalue weighted by Crippen LogP contribution is -2.39. The highest BCUT2D eigenvalue weighted by molar-refractivity contribution is 9.10. The number of halogens is 1. The number of nitrogens with one attached hydrogen (secondary N) is 2. The van der Waals surface area contributed by atoms with Gasteiger partial charge in [0.05, 0.1) is 18.4 Å². The van der Waals surface area contributed by atoms with Gasteiger partial charge in [0.1, 0.15) is 5.82 Å². The van der Waals surface area contributed by atoms with Crippen molar-refractivity contribution >= 4 is 15.9 Å². The van der Waals surface area contributed by atoms with Crippen LogP contribution in [-0.4, -0.2) is 40.5 Å². The monoisotopic (exact) mass is 362 g/mol. The van der Waals surface area contributed by atoms with E-state index in [0.29, 0.717) is 6.04 Å². The molecule has 1 unspecified atom stereocenters. The topological polar surface area (TPSA) is 44.0 Å². The molecule has 1 aromatic carbocycles. The van der Waals surface area contributed by atoms with Crippen molar-refractivity contribution in [2.24, 2.45) is 0 Å². The van der Waals surface area contributed by atoms with Crippen LogP contribution >= 0.6 is 15.9 Å². The summed E-state index contributed by atoms with van der Waals surface area (Å²) in [6.45, 7) is 4.04. The van der Waals surface area contributed by atoms with Crippen molar-refractivity contribution < 1.29 is 0 Å². The molecule has 0 amide bonds. The van der Waals surface area contributed by atoms with Gasteiger partial charge in [0.25, 0.3) is 0 Å². The van der Waals surface area contributed by atoms with Crippen molar-refractivity contribution in [3.8, 4) is 11.3 Å². The number of hydrogen-bond donors (Lipinski definition) is 2. The molecule has 1 aromatic heterocycles. The fraction of sp³-hybridized carbons (Fsp3) is 0.471. The van der Waals surface area contributed by atoms with Gasteiger partial charge in [-0.05, 0) is 38.9 Å². The van der Waals surface area contributed by atoms with Crippen LogP contribution in [0.4, 0.5) is 0 Å². The quantitative estimate of drug-likeness (QED) is 0.792. The molecular weight excluding hydrogens is 340 g/mol. The minimum absolute atomic E-state index is 0.562. The highest BCUT2D eigenvalue weighted by atomic mass is 79.9. The maximum absolute atomic E-state index is 4.46. The van der Waals surface area contributed by atoms with Gasteiger partial charge in [-0.15, -0.1) is 0 Å². The molecule has 3 rings (SSSR count). The molecule has 1 aliphatic carbocycles. The number of hydrogen-bond acceptors (Lipinski definition) is 3. The van der Waals surface area contributed by atoms with Crippen LogP contribution in [0.15, 0.2) is 34.9 Å². The van der Waals surface area contributed by atoms with Crippen molar-refractivity contribution in [3.05, 3.63) is 40.8 Å². The Hall–Kier alpha value is -1.17. The van der Waals surface area contributed by atoms with E-state index in [1.807, 2.05) is 18.3 Å². The summed E-state index contributed by atoms with van der Waals surface area (Å²) in [6.07, 6.45) is 4.61. The van der Waals surface area contributed by atoms with Crippen molar-refractivity contribution in [1.29, 1.82) is 0 Å². The van der Waals surface area contributed by atoms with Crippen LogP contribution in [0.1, 0.15) is 25.6 Å².